The molecule has 2 heteroatoms. The number of hydrogen-bond donors (Lipinski definition) is 1. The number of amides is 1. The Morgan fingerprint density at radius 3 is 2.12 bits per heavy atom. The third-order valence-corrected chi connectivity index (χ3v) is 5.26. The lowest BCUT2D eigenvalue weighted by Gasteiger charge is -2.47. The molecule has 4 atom stereocenters. The molecule has 0 aromatic heterocycles. The summed E-state index contributed by atoms with van der Waals surface area (Å²) >= 11 is 0. The van der Waals surface area contributed by atoms with Gasteiger partial charge in [-0.2, -0.15) is 0 Å². The standard InChI is InChI=1S/C15H25NO/c1-10(2)16-14(17)15-7-11-3-4-12(8-15)6-13(5-11)9-15/h10-13H,3-9H2,1-2H3,(H,16,17)/t11-,12+,13?,15?. The van der Waals surface area contributed by atoms with Crippen LogP contribution in [0.15, 0.2) is 0 Å². The summed E-state index contributed by atoms with van der Waals surface area (Å²) in [5.74, 6) is 2.92. The Kier molecular flexibility index (Phi) is 2.72. The van der Waals surface area contributed by atoms with Crippen molar-refractivity contribution in [3.8, 4) is 0 Å². The minimum absolute atomic E-state index is 0.0251. The number of hydrogen-bond acceptors (Lipinski definition) is 1. The molecule has 4 aliphatic rings. The van der Waals surface area contributed by atoms with Crippen LogP contribution in [0, 0.1) is 23.2 Å². The van der Waals surface area contributed by atoms with Crippen LogP contribution in [0.2, 0.25) is 0 Å². The van der Waals surface area contributed by atoms with Gasteiger partial charge in [-0.1, -0.05) is 12.8 Å². The predicted molar refractivity (Wildman–Crippen MR) is 68.5 cm³/mol. The monoisotopic (exact) mass is 235 g/mol. The van der Waals surface area contributed by atoms with Crippen molar-refractivity contribution < 1.29 is 4.79 Å². The molecule has 4 bridgehead atoms. The molecule has 4 aliphatic carbocycles. The zero-order chi connectivity index (χ0) is 12.0. The Morgan fingerprint density at radius 2 is 1.59 bits per heavy atom. The molecule has 4 fully saturated rings. The molecule has 2 unspecified atom stereocenters. The second-order valence-corrected chi connectivity index (χ2v) is 7.17. The fraction of sp³-hybridized carbons (Fsp3) is 0.933. The van der Waals surface area contributed by atoms with Crippen molar-refractivity contribution in [3.63, 3.8) is 0 Å². The molecule has 17 heavy (non-hydrogen) atoms. The first-order chi connectivity index (χ1) is 8.07. The lowest BCUT2D eigenvalue weighted by Crippen LogP contribution is -2.50. The van der Waals surface area contributed by atoms with Gasteiger partial charge in [0.25, 0.3) is 0 Å². The van der Waals surface area contributed by atoms with E-state index in [4.69, 9.17) is 0 Å². The van der Waals surface area contributed by atoms with Crippen molar-refractivity contribution in [3.05, 3.63) is 0 Å². The summed E-state index contributed by atoms with van der Waals surface area (Å²) in [6.45, 7) is 4.15. The first-order valence-electron chi connectivity index (χ1n) is 7.38. The van der Waals surface area contributed by atoms with E-state index in [1.54, 1.807) is 0 Å². The number of carbonyl (C=O) groups excluding carboxylic acids is 1. The molecule has 0 spiro atoms. The van der Waals surface area contributed by atoms with Gasteiger partial charge in [-0.25, -0.2) is 0 Å². The number of nitrogens with one attached hydrogen (secondary N) is 1. The second-order valence-electron chi connectivity index (χ2n) is 7.17. The lowest BCUT2D eigenvalue weighted by molar-refractivity contribution is -0.139. The molecule has 0 aromatic rings. The van der Waals surface area contributed by atoms with Crippen molar-refractivity contribution in [2.45, 2.75) is 64.8 Å². The zero-order valence-corrected chi connectivity index (χ0v) is 11.2. The first kappa shape index (κ1) is 11.6. The maximum absolute atomic E-state index is 12.5. The molecular formula is C15H25NO. The summed E-state index contributed by atoms with van der Waals surface area (Å²) in [4.78, 5) is 12.5. The van der Waals surface area contributed by atoms with Crippen LogP contribution in [0.5, 0.6) is 0 Å². The highest BCUT2D eigenvalue weighted by atomic mass is 16.2. The fourth-order valence-corrected chi connectivity index (χ4v) is 4.88. The van der Waals surface area contributed by atoms with Gasteiger partial charge in [-0.15, -0.1) is 0 Å². The van der Waals surface area contributed by atoms with E-state index in [1.807, 2.05) is 0 Å². The quantitative estimate of drug-likeness (QED) is 0.783. The van der Waals surface area contributed by atoms with Crippen LogP contribution in [-0.2, 0) is 4.79 Å². The summed E-state index contributed by atoms with van der Waals surface area (Å²) in [5, 5.41) is 3.19. The SMILES string of the molecule is CC(C)NC(=O)C12CC3C[C@@H](CC[C@@H](C3)C1)C2. The smallest absolute Gasteiger partial charge is 0.226 e. The third kappa shape index (κ3) is 2.00. The van der Waals surface area contributed by atoms with Crippen molar-refractivity contribution in [2.75, 3.05) is 0 Å². The average molecular weight is 235 g/mol. The van der Waals surface area contributed by atoms with Gasteiger partial charge >= 0.3 is 0 Å². The summed E-state index contributed by atoms with van der Waals surface area (Å²) in [6, 6.07) is 0.289. The van der Waals surface area contributed by atoms with E-state index < -0.39 is 0 Å². The molecule has 1 N–H and O–H groups in total. The third-order valence-electron chi connectivity index (χ3n) is 5.26. The molecule has 0 aliphatic heterocycles. The highest BCUT2D eigenvalue weighted by Crippen LogP contribution is 2.57. The van der Waals surface area contributed by atoms with E-state index >= 15 is 0 Å². The predicted octanol–water partition coefficient (Wildman–Crippen LogP) is 3.12. The minimum Gasteiger partial charge on any atom is -0.353 e. The Balaban J connectivity index is 1.84. The average Bonchev–Trinajstić information content (AvgIpc) is 2.44. The van der Waals surface area contributed by atoms with Crippen molar-refractivity contribution in [1.82, 2.24) is 5.32 Å². The van der Waals surface area contributed by atoms with Gasteiger partial charge in [0.2, 0.25) is 5.91 Å². The van der Waals surface area contributed by atoms with Gasteiger partial charge in [0.15, 0.2) is 0 Å². The number of carbonyl (C=O) groups is 1. The molecule has 4 rings (SSSR count). The van der Waals surface area contributed by atoms with Crippen molar-refractivity contribution in [1.29, 1.82) is 0 Å². The maximum Gasteiger partial charge on any atom is 0.226 e. The lowest BCUT2D eigenvalue weighted by atomic mass is 9.58. The summed E-state index contributed by atoms with van der Waals surface area (Å²) < 4.78 is 0. The molecule has 1 amide bonds. The summed E-state index contributed by atoms with van der Waals surface area (Å²) in [7, 11) is 0. The highest BCUT2D eigenvalue weighted by molar-refractivity contribution is 5.83. The largest absolute Gasteiger partial charge is 0.353 e. The Morgan fingerprint density at radius 1 is 1.06 bits per heavy atom. The number of fused-ring (bicyclic) bond motifs is 1. The van der Waals surface area contributed by atoms with E-state index in [9.17, 15) is 4.79 Å². The van der Waals surface area contributed by atoms with Crippen LogP contribution in [0.4, 0.5) is 0 Å². The van der Waals surface area contributed by atoms with Gasteiger partial charge in [0.05, 0.1) is 0 Å². The van der Waals surface area contributed by atoms with Gasteiger partial charge in [-0.05, 0) is 63.7 Å². The van der Waals surface area contributed by atoms with Crippen LogP contribution < -0.4 is 5.32 Å². The molecule has 0 saturated heterocycles. The van der Waals surface area contributed by atoms with E-state index in [0.717, 1.165) is 17.8 Å². The van der Waals surface area contributed by atoms with Crippen LogP contribution >= 0.6 is 0 Å². The van der Waals surface area contributed by atoms with Crippen LogP contribution in [0.1, 0.15) is 58.8 Å². The number of rotatable bonds is 2. The van der Waals surface area contributed by atoms with E-state index in [1.165, 1.54) is 44.9 Å². The first-order valence-corrected chi connectivity index (χ1v) is 7.38. The normalized spacial score (nSPS) is 43.8. The molecular weight excluding hydrogens is 210 g/mol. The fourth-order valence-electron chi connectivity index (χ4n) is 4.88. The minimum atomic E-state index is 0.0251. The van der Waals surface area contributed by atoms with Gasteiger partial charge in [0.1, 0.15) is 0 Å². The molecule has 0 radical (unpaired) electrons. The molecule has 4 saturated carbocycles. The van der Waals surface area contributed by atoms with E-state index in [0.29, 0.717) is 5.91 Å². The van der Waals surface area contributed by atoms with Gasteiger partial charge < -0.3 is 5.32 Å². The van der Waals surface area contributed by atoms with E-state index in [2.05, 4.69) is 19.2 Å². The summed E-state index contributed by atoms with van der Waals surface area (Å²) in [6.07, 6.45) is 9.13. The maximum atomic E-state index is 12.5. The van der Waals surface area contributed by atoms with Crippen LogP contribution in [-0.4, -0.2) is 11.9 Å². The Bertz CT molecular complexity index is 307. The zero-order valence-electron chi connectivity index (χ0n) is 11.2. The highest BCUT2D eigenvalue weighted by Gasteiger charge is 2.52. The molecule has 0 aromatic carbocycles. The molecule has 0 heterocycles. The van der Waals surface area contributed by atoms with E-state index in [-0.39, 0.29) is 11.5 Å². The van der Waals surface area contributed by atoms with Crippen molar-refractivity contribution >= 4 is 5.91 Å². The second kappa shape index (κ2) is 4.00. The van der Waals surface area contributed by atoms with Gasteiger partial charge in [0, 0.05) is 11.5 Å². The summed E-state index contributed by atoms with van der Waals surface area (Å²) in [5.41, 5.74) is 0.0251. The van der Waals surface area contributed by atoms with Crippen molar-refractivity contribution in [2.24, 2.45) is 23.2 Å². The van der Waals surface area contributed by atoms with Gasteiger partial charge in [-0.3, -0.25) is 4.79 Å². The Hall–Kier alpha value is -0.530. The van der Waals surface area contributed by atoms with Crippen LogP contribution in [0.25, 0.3) is 0 Å². The Labute approximate surface area is 105 Å². The molecule has 2 nitrogen and oxygen atoms in total. The topological polar surface area (TPSA) is 29.1 Å². The van der Waals surface area contributed by atoms with Crippen LogP contribution in [0.3, 0.4) is 0 Å². The molecule has 96 valence electrons.